The second-order valence-electron chi connectivity index (χ2n) is 4.10. The predicted octanol–water partition coefficient (Wildman–Crippen LogP) is 1.25. The number of nitrogens with two attached hydrogens (primary N) is 1. The summed E-state index contributed by atoms with van der Waals surface area (Å²) in [7, 11) is 0. The molecular weight excluding hydrogens is 268 g/mol. The molecule has 3 rings (SSSR count). The van der Waals surface area contributed by atoms with E-state index in [9.17, 15) is 0 Å². The van der Waals surface area contributed by atoms with Crippen molar-refractivity contribution in [2.75, 3.05) is 11.1 Å². The average Bonchev–Trinajstić information content (AvgIpc) is 3.01. The molecule has 21 heavy (non-hydrogen) atoms. The normalized spacial score (nSPS) is 10.0. The van der Waals surface area contributed by atoms with Crippen molar-refractivity contribution >= 4 is 17.6 Å². The van der Waals surface area contributed by atoms with E-state index in [1.165, 1.54) is 0 Å². The van der Waals surface area contributed by atoms with Crippen LogP contribution in [0.25, 0.3) is 5.95 Å². The molecule has 0 saturated heterocycles. The molecule has 8 heteroatoms. The van der Waals surface area contributed by atoms with Gasteiger partial charge in [0.1, 0.15) is 6.33 Å². The number of imidazole rings is 1. The van der Waals surface area contributed by atoms with Crippen LogP contribution in [-0.4, -0.2) is 24.5 Å². The molecule has 0 fully saturated rings. The molecule has 0 radical (unpaired) electrons. The Morgan fingerprint density at radius 3 is 2.90 bits per heavy atom. The van der Waals surface area contributed by atoms with Gasteiger partial charge in [0.25, 0.3) is 0 Å². The van der Waals surface area contributed by atoms with Crippen LogP contribution in [0.2, 0.25) is 0 Å². The Balaban J connectivity index is 1.94. The van der Waals surface area contributed by atoms with E-state index in [4.69, 9.17) is 11.0 Å². The molecular formula is C13H10N8. The number of rotatable bonds is 3. The minimum absolute atomic E-state index is 0.0904. The van der Waals surface area contributed by atoms with Gasteiger partial charge in [-0.3, -0.25) is 4.57 Å². The van der Waals surface area contributed by atoms with Crippen LogP contribution in [0.4, 0.5) is 17.6 Å². The minimum Gasteiger partial charge on any atom is -0.368 e. The first-order chi connectivity index (χ1) is 10.2. The molecule has 0 atom stereocenters. The van der Waals surface area contributed by atoms with Crippen molar-refractivity contribution in [1.82, 2.24) is 24.5 Å². The third-order valence-electron chi connectivity index (χ3n) is 2.62. The van der Waals surface area contributed by atoms with Gasteiger partial charge in [0.05, 0.1) is 11.6 Å². The van der Waals surface area contributed by atoms with E-state index in [1.807, 2.05) is 0 Å². The van der Waals surface area contributed by atoms with Crippen LogP contribution in [0.15, 0.2) is 43.0 Å². The Bertz CT molecular complexity index is 803. The van der Waals surface area contributed by atoms with Gasteiger partial charge in [-0.15, -0.1) is 0 Å². The van der Waals surface area contributed by atoms with E-state index in [1.54, 1.807) is 47.6 Å². The summed E-state index contributed by atoms with van der Waals surface area (Å²) < 4.78 is 1.62. The van der Waals surface area contributed by atoms with Crippen LogP contribution >= 0.6 is 0 Å². The van der Waals surface area contributed by atoms with Gasteiger partial charge < -0.3 is 11.1 Å². The van der Waals surface area contributed by atoms with Crippen molar-refractivity contribution in [3.8, 4) is 12.0 Å². The van der Waals surface area contributed by atoms with Crippen molar-refractivity contribution in [1.29, 1.82) is 5.26 Å². The molecule has 102 valence electrons. The summed E-state index contributed by atoms with van der Waals surface area (Å²) in [5, 5.41) is 11.9. The summed E-state index contributed by atoms with van der Waals surface area (Å²) >= 11 is 0. The van der Waals surface area contributed by atoms with E-state index in [-0.39, 0.29) is 5.95 Å². The van der Waals surface area contributed by atoms with Crippen LogP contribution in [0.1, 0.15) is 5.56 Å². The van der Waals surface area contributed by atoms with Crippen LogP contribution < -0.4 is 11.1 Å². The smallest absolute Gasteiger partial charge is 0.241 e. The zero-order valence-electron chi connectivity index (χ0n) is 10.8. The summed E-state index contributed by atoms with van der Waals surface area (Å²) in [5.74, 6) is 0.743. The van der Waals surface area contributed by atoms with Gasteiger partial charge in [-0.2, -0.15) is 20.2 Å². The maximum atomic E-state index is 8.89. The van der Waals surface area contributed by atoms with E-state index in [2.05, 4.69) is 31.3 Å². The highest BCUT2D eigenvalue weighted by Gasteiger charge is 2.06. The fraction of sp³-hybridized carbons (Fsp3) is 0. The number of hydrogen-bond donors (Lipinski definition) is 2. The van der Waals surface area contributed by atoms with Crippen LogP contribution in [0.5, 0.6) is 0 Å². The van der Waals surface area contributed by atoms with Gasteiger partial charge in [-0.1, -0.05) is 6.07 Å². The molecule has 3 aromatic rings. The lowest BCUT2D eigenvalue weighted by Crippen LogP contribution is -2.08. The monoisotopic (exact) mass is 278 g/mol. The highest BCUT2D eigenvalue weighted by molar-refractivity contribution is 5.57. The Morgan fingerprint density at radius 2 is 2.14 bits per heavy atom. The maximum absolute atomic E-state index is 8.89. The summed E-state index contributed by atoms with van der Waals surface area (Å²) in [6.07, 6.45) is 4.88. The first-order valence-corrected chi connectivity index (χ1v) is 6.02. The Morgan fingerprint density at radius 1 is 1.24 bits per heavy atom. The lowest BCUT2D eigenvalue weighted by atomic mass is 10.2. The second-order valence-corrected chi connectivity index (χ2v) is 4.10. The molecule has 0 unspecified atom stereocenters. The van der Waals surface area contributed by atoms with E-state index in [0.717, 1.165) is 0 Å². The molecule has 0 aliphatic heterocycles. The number of anilines is 3. The minimum atomic E-state index is 0.0904. The largest absolute Gasteiger partial charge is 0.368 e. The number of nitriles is 1. The Hall–Kier alpha value is -3.47. The van der Waals surface area contributed by atoms with Gasteiger partial charge in [-0.25, -0.2) is 4.98 Å². The van der Waals surface area contributed by atoms with Crippen molar-refractivity contribution in [2.45, 2.75) is 0 Å². The van der Waals surface area contributed by atoms with Gasteiger partial charge in [0, 0.05) is 18.1 Å². The fourth-order valence-electron chi connectivity index (χ4n) is 1.73. The summed E-state index contributed by atoms with van der Waals surface area (Å²) in [5.41, 5.74) is 6.92. The Kier molecular flexibility index (Phi) is 3.15. The van der Waals surface area contributed by atoms with Crippen molar-refractivity contribution in [3.05, 3.63) is 48.5 Å². The summed E-state index contributed by atoms with van der Waals surface area (Å²) in [6.45, 7) is 0. The molecule has 0 spiro atoms. The standard InChI is InChI=1S/C13H10N8/c14-7-9-2-1-3-10(6-9)17-12-18-11(15)19-13(20-12)21-5-4-16-8-21/h1-6,8H,(H3,15,17,18,19,20). The average molecular weight is 278 g/mol. The lowest BCUT2D eigenvalue weighted by Gasteiger charge is -2.07. The van der Waals surface area contributed by atoms with Gasteiger partial charge >= 0.3 is 0 Å². The molecule has 2 heterocycles. The molecule has 0 amide bonds. The molecule has 1 aromatic carbocycles. The zero-order chi connectivity index (χ0) is 14.7. The maximum Gasteiger partial charge on any atom is 0.241 e. The van der Waals surface area contributed by atoms with Crippen molar-refractivity contribution in [3.63, 3.8) is 0 Å². The molecule has 0 aliphatic carbocycles. The molecule has 3 N–H and O–H groups in total. The first-order valence-electron chi connectivity index (χ1n) is 6.02. The third-order valence-corrected chi connectivity index (χ3v) is 2.62. The zero-order valence-corrected chi connectivity index (χ0v) is 10.8. The van der Waals surface area contributed by atoms with Crippen LogP contribution in [0, 0.1) is 11.3 Å². The summed E-state index contributed by atoms with van der Waals surface area (Å²) in [4.78, 5) is 16.2. The predicted molar refractivity (Wildman–Crippen MR) is 75.8 cm³/mol. The number of benzene rings is 1. The topological polar surface area (TPSA) is 118 Å². The highest BCUT2D eigenvalue weighted by Crippen LogP contribution is 2.15. The number of nitrogens with zero attached hydrogens (tertiary/aromatic N) is 6. The van der Waals surface area contributed by atoms with Crippen LogP contribution in [-0.2, 0) is 0 Å². The van der Waals surface area contributed by atoms with Crippen LogP contribution in [0.3, 0.4) is 0 Å². The Labute approximate surface area is 119 Å². The number of aromatic nitrogens is 5. The molecule has 0 aliphatic rings. The second kappa shape index (κ2) is 5.26. The number of nitrogens with one attached hydrogen (secondary N) is 1. The molecule has 0 bridgehead atoms. The van der Waals surface area contributed by atoms with Gasteiger partial charge in [0.2, 0.25) is 17.8 Å². The number of nitrogen functional groups attached to an aromatic ring is 1. The van der Waals surface area contributed by atoms with Crippen molar-refractivity contribution < 1.29 is 0 Å². The molecule has 8 nitrogen and oxygen atoms in total. The van der Waals surface area contributed by atoms with Crippen molar-refractivity contribution in [2.24, 2.45) is 0 Å². The highest BCUT2D eigenvalue weighted by atomic mass is 15.3. The summed E-state index contributed by atoms with van der Waals surface area (Å²) in [6, 6.07) is 9.04. The first kappa shape index (κ1) is 12.6. The molecule has 2 aromatic heterocycles. The SMILES string of the molecule is N#Cc1cccc(Nc2nc(N)nc(-n3ccnc3)n2)c1. The van der Waals surface area contributed by atoms with E-state index in [0.29, 0.717) is 23.1 Å². The van der Waals surface area contributed by atoms with Gasteiger partial charge in [0.15, 0.2) is 0 Å². The lowest BCUT2D eigenvalue weighted by molar-refractivity contribution is 0.906. The fourth-order valence-corrected chi connectivity index (χ4v) is 1.73. The third kappa shape index (κ3) is 2.76. The number of hydrogen-bond acceptors (Lipinski definition) is 7. The van der Waals surface area contributed by atoms with E-state index < -0.39 is 0 Å². The quantitative estimate of drug-likeness (QED) is 0.740. The molecule has 0 saturated carbocycles. The van der Waals surface area contributed by atoms with Gasteiger partial charge in [-0.05, 0) is 18.2 Å². The van der Waals surface area contributed by atoms with E-state index >= 15 is 0 Å².